The maximum Gasteiger partial charge on any atom is 0.132 e. The van der Waals surface area contributed by atoms with E-state index in [1.54, 1.807) is 7.11 Å². The Balaban J connectivity index is 2.09. The van der Waals surface area contributed by atoms with Crippen LogP contribution >= 0.6 is 0 Å². The van der Waals surface area contributed by atoms with E-state index in [0.29, 0.717) is 19.2 Å². The Bertz CT molecular complexity index is 579. The third-order valence-electron chi connectivity index (χ3n) is 3.26. The Morgan fingerprint density at radius 1 is 1.29 bits per heavy atom. The number of ether oxygens (including phenoxy) is 2. The maximum atomic E-state index is 5.90. The number of rotatable bonds is 7. The Morgan fingerprint density at radius 2 is 2.10 bits per heavy atom. The average molecular weight is 289 g/mol. The maximum absolute atomic E-state index is 5.90. The molecule has 1 aromatic heterocycles. The van der Waals surface area contributed by atoms with E-state index in [1.807, 2.05) is 35.1 Å². The molecule has 0 aliphatic carbocycles. The Morgan fingerprint density at radius 3 is 2.71 bits per heavy atom. The molecule has 2 aromatic rings. The summed E-state index contributed by atoms with van der Waals surface area (Å²) >= 11 is 0. The summed E-state index contributed by atoms with van der Waals surface area (Å²) in [5.41, 5.74) is 7.63. The van der Waals surface area contributed by atoms with Crippen molar-refractivity contribution in [1.29, 1.82) is 0 Å². The van der Waals surface area contributed by atoms with E-state index in [4.69, 9.17) is 15.2 Å². The number of aromatic nitrogens is 2. The van der Waals surface area contributed by atoms with Crippen LogP contribution in [-0.4, -0.2) is 23.4 Å². The van der Waals surface area contributed by atoms with Crippen molar-refractivity contribution < 1.29 is 9.47 Å². The molecule has 0 radical (unpaired) electrons. The molecule has 0 fully saturated rings. The van der Waals surface area contributed by atoms with E-state index in [-0.39, 0.29) is 0 Å². The molecule has 0 aliphatic rings. The number of hydrogen-bond donors (Lipinski definition) is 1. The summed E-state index contributed by atoms with van der Waals surface area (Å²) in [7, 11) is 1.64. The fraction of sp³-hybridized carbons (Fsp3) is 0.438. The average Bonchev–Trinajstić information content (AvgIpc) is 2.95. The molecule has 114 valence electrons. The van der Waals surface area contributed by atoms with Crippen LogP contribution < -0.4 is 15.2 Å². The van der Waals surface area contributed by atoms with Gasteiger partial charge in [0.1, 0.15) is 18.1 Å². The van der Waals surface area contributed by atoms with Gasteiger partial charge in [-0.2, -0.15) is 5.10 Å². The van der Waals surface area contributed by atoms with Crippen molar-refractivity contribution in [2.45, 2.75) is 32.9 Å². The number of benzene rings is 1. The zero-order chi connectivity index (χ0) is 15.2. The van der Waals surface area contributed by atoms with Gasteiger partial charge in [-0.1, -0.05) is 6.07 Å². The van der Waals surface area contributed by atoms with Gasteiger partial charge in [-0.15, -0.1) is 0 Å². The summed E-state index contributed by atoms with van der Waals surface area (Å²) in [6, 6.07) is 8.13. The van der Waals surface area contributed by atoms with E-state index in [1.165, 1.54) is 0 Å². The predicted octanol–water partition coefficient (Wildman–Crippen LogP) is 2.55. The second-order valence-electron chi connectivity index (χ2n) is 5.18. The van der Waals surface area contributed by atoms with Crippen molar-refractivity contribution in [3.05, 3.63) is 41.7 Å². The van der Waals surface area contributed by atoms with Gasteiger partial charge in [0.15, 0.2) is 0 Å². The fourth-order valence-corrected chi connectivity index (χ4v) is 2.05. The number of nitrogens with two attached hydrogens (primary N) is 1. The van der Waals surface area contributed by atoms with Crippen LogP contribution in [-0.2, 0) is 13.0 Å². The molecule has 0 saturated heterocycles. The second kappa shape index (κ2) is 7.13. The number of hydrogen-bond acceptors (Lipinski definition) is 4. The lowest BCUT2D eigenvalue weighted by molar-refractivity contribution is 0.293. The first-order chi connectivity index (χ1) is 10.1. The first-order valence-electron chi connectivity index (χ1n) is 7.18. The van der Waals surface area contributed by atoms with Crippen LogP contribution in [0.15, 0.2) is 30.5 Å². The Kier molecular flexibility index (Phi) is 5.22. The monoisotopic (exact) mass is 289 g/mol. The molecular formula is C16H23N3O2. The fourth-order valence-electron chi connectivity index (χ4n) is 2.05. The minimum Gasteiger partial charge on any atom is -0.497 e. The highest BCUT2D eigenvalue weighted by Gasteiger charge is 2.08. The zero-order valence-electron chi connectivity index (χ0n) is 12.9. The summed E-state index contributed by atoms with van der Waals surface area (Å²) in [4.78, 5) is 0. The number of nitrogens with zero attached hydrogens (tertiary/aromatic N) is 2. The van der Waals surface area contributed by atoms with Gasteiger partial charge in [-0.3, -0.25) is 4.68 Å². The van der Waals surface area contributed by atoms with Gasteiger partial charge in [0.25, 0.3) is 0 Å². The highest BCUT2D eigenvalue weighted by atomic mass is 16.5. The van der Waals surface area contributed by atoms with Crippen LogP contribution in [0.5, 0.6) is 11.5 Å². The summed E-state index contributed by atoms with van der Waals surface area (Å²) < 4.78 is 13.1. The van der Waals surface area contributed by atoms with Gasteiger partial charge >= 0.3 is 0 Å². The molecule has 0 unspecified atom stereocenters. The summed E-state index contributed by atoms with van der Waals surface area (Å²) in [5.74, 6) is 1.58. The molecular weight excluding hydrogens is 266 g/mol. The third-order valence-corrected chi connectivity index (χ3v) is 3.26. The lowest BCUT2D eigenvalue weighted by Gasteiger charge is -2.12. The van der Waals surface area contributed by atoms with Crippen molar-refractivity contribution >= 4 is 0 Å². The highest BCUT2D eigenvalue weighted by molar-refractivity contribution is 5.41. The molecule has 21 heavy (non-hydrogen) atoms. The SMILES string of the molecule is COc1ccc(CCN)c(OCc2ccn(C(C)C)n2)c1. The van der Waals surface area contributed by atoms with Gasteiger partial charge < -0.3 is 15.2 Å². The molecule has 0 amide bonds. The molecule has 0 saturated carbocycles. The first-order valence-corrected chi connectivity index (χ1v) is 7.18. The Hall–Kier alpha value is -2.01. The topological polar surface area (TPSA) is 62.3 Å². The molecule has 0 aliphatic heterocycles. The summed E-state index contributed by atoms with van der Waals surface area (Å²) in [6.45, 7) is 5.22. The molecule has 1 heterocycles. The van der Waals surface area contributed by atoms with Crippen LogP contribution in [0.2, 0.25) is 0 Å². The van der Waals surface area contributed by atoms with E-state index in [2.05, 4.69) is 18.9 Å². The molecule has 1 aromatic carbocycles. The second-order valence-corrected chi connectivity index (χ2v) is 5.18. The lowest BCUT2D eigenvalue weighted by Crippen LogP contribution is -2.07. The van der Waals surface area contributed by atoms with Crippen LogP contribution in [0, 0.1) is 0 Å². The molecule has 0 atom stereocenters. The minimum atomic E-state index is 0.350. The molecule has 5 nitrogen and oxygen atoms in total. The lowest BCUT2D eigenvalue weighted by atomic mass is 10.1. The molecule has 5 heteroatoms. The normalized spacial score (nSPS) is 10.9. The molecule has 2 N–H and O–H groups in total. The van der Waals surface area contributed by atoms with Gasteiger partial charge in [-0.25, -0.2) is 0 Å². The molecule has 0 bridgehead atoms. The summed E-state index contributed by atoms with van der Waals surface area (Å²) in [6.07, 6.45) is 2.75. The van der Waals surface area contributed by atoms with Crippen LogP contribution in [0.25, 0.3) is 0 Å². The van der Waals surface area contributed by atoms with E-state index >= 15 is 0 Å². The molecule has 2 rings (SSSR count). The van der Waals surface area contributed by atoms with Crippen molar-refractivity contribution in [3.8, 4) is 11.5 Å². The Labute approximate surface area is 125 Å². The van der Waals surface area contributed by atoms with Gasteiger partial charge in [0.05, 0.1) is 12.8 Å². The van der Waals surface area contributed by atoms with Gasteiger partial charge in [-0.05, 0) is 44.5 Å². The van der Waals surface area contributed by atoms with Crippen molar-refractivity contribution in [3.63, 3.8) is 0 Å². The standard InChI is InChI=1S/C16H23N3O2/c1-12(2)19-9-7-14(18-19)11-21-16-10-15(20-3)5-4-13(16)6-8-17/h4-5,7,9-10,12H,6,8,11,17H2,1-3H3. The van der Waals surface area contributed by atoms with E-state index in [0.717, 1.165) is 29.2 Å². The predicted molar refractivity (Wildman–Crippen MR) is 82.7 cm³/mol. The van der Waals surface area contributed by atoms with Crippen LogP contribution in [0.1, 0.15) is 31.1 Å². The third kappa shape index (κ3) is 3.98. The van der Waals surface area contributed by atoms with E-state index < -0.39 is 0 Å². The van der Waals surface area contributed by atoms with Crippen LogP contribution in [0.4, 0.5) is 0 Å². The number of methoxy groups -OCH3 is 1. The highest BCUT2D eigenvalue weighted by Crippen LogP contribution is 2.26. The minimum absolute atomic E-state index is 0.350. The van der Waals surface area contributed by atoms with E-state index in [9.17, 15) is 0 Å². The molecule has 0 spiro atoms. The van der Waals surface area contributed by atoms with Crippen molar-refractivity contribution in [2.24, 2.45) is 5.73 Å². The largest absolute Gasteiger partial charge is 0.497 e. The smallest absolute Gasteiger partial charge is 0.132 e. The van der Waals surface area contributed by atoms with Gasteiger partial charge in [0.2, 0.25) is 0 Å². The van der Waals surface area contributed by atoms with Crippen molar-refractivity contribution in [2.75, 3.05) is 13.7 Å². The van der Waals surface area contributed by atoms with Crippen LogP contribution in [0.3, 0.4) is 0 Å². The van der Waals surface area contributed by atoms with Gasteiger partial charge in [0, 0.05) is 18.3 Å². The van der Waals surface area contributed by atoms with Crippen molar-refractivity contribution in [1.82, 2.24) is 9.78 Å². The first kappa shape index (κ1) is 15.4. The summed E-state index contributed by atoms with van der Waals surface area (Å²) in [5, 5.41) is 4.48. The zero-order valence-corrected chi connectivity index (χ0v) is 12.9. The quantitative estimate of drug-likeness (QED) is 0.851.